The van der Waals surface area contributed by atoms with Gasteiger partial charge in [-0.15, -0.1) is 0 Å². The van der Waals surface area contributed by atoms with Gasteiger partial charge >= 0.3 is 0 Å². The Morgan fingerprint density at radius 2 is 0.889 bits per heavy atom. The number of halogens is 4. The van der Waals surface area contributed by atoms with Crippen molar-refractivity contribution in [2.24, 2.45) is 0 Å². The van der Waals surface area contributed by atoms with Crippen molar-refractivity contribution in [2.45, 2.75) is 18.4 Å². The molecule has 1 aliphatic carbocycles. The van der Waals surface area contributed by atoms with Crippen molar-refractivity contribution >= 4 is 67.3 Å². The van der Waals surface area contributed by atoms with Gasteiger partial charge in [-0.05, 0) is 143 Å². The first-order valence-corrected chi connectivity index (χ1v) is 27.0. The maximum absolute atomic E-state index is 17.6. The minimum absolute atomic E-state index is 0.0370. The van der Waals surface area contributed by atoms with Gasteiger partial charge < -0.3 is 19.3 Å². The third-order valence-corrected chi connectivity index (χ3v) is 16.0. The molecule has 0 N–H and O–H groups in total. The van der Waals surface area contributed by atoms with E-state index in [1.54, 1.807) is 36.4 Å². The van der Waals surface area contributed by atoms with E-state index in [4.69, 9.17) is 0 Å². The van der Waals surface area contributed by atoms with Crippen molar-refractivity contribution < 1.29 is 17.6 Å². The molecule has 0 bridgehead atoms. The van der Waals surface area contributed by atoms with Gasteiger partial charge in [0.15, 0.2) is 23.3 Å². The zero-order chi connectivity index (χ0) is 54.8. The molecule has 0 amide bonds. The molecule has 1 aliphatic heterocycles. The Morgan fingerprint density at radius 3 is 1.53 bits per heavy atom. The minimum atomic E-state index is -1.53. The van der Waals surface area contributed by atoms with Gasteiger partial charge in [0.05, 0.1) is 22.1 Å². The molecule has 4 nitrogen and oxygen atoms in total. The molecule has 2 atom stereocenters. The summed E-state index contributed by atoms with van der Waals surface area (Å²) < 4.78 is 72.3. The van der Waals surface area contributed by atoms with Gasteiger partial charge in [0.2, 0.25) is 0 Å². The lowest BCUT2D eigenvalue weighted by Gasteiger charge is -2.39. The highest BCUT2D eigenvalue weighted by Crippen LogP contribution is 2.56. The maximum Gasteiger partial charge on any atom is 0.186 e. The SMILES string of the molecule is CC12C=CC=CC1c1cc(N(c3cccc(-c4ccccc4)c3)c3c(F)c(F)c(-c4ccc(N(c5cccc(-c6ccccc6)c5)c5ccc6c(c5)c5ccccc5n6-c5ccccc5)cc4)c(F)c3F)ccc1N2c1ccccc1. The van der Waals surface area contributed by atoms with E-state index in [1.807, 2.05) is 140 Å². The molecular weight excluding hydrogens is 1010 g/mol. The van der Waals surface area contributed by atoms with Crippen LogP contribution in [0.5, 0.6) is 0 Å². The van der Waals surface area contributed by atoms with E-state index in [-0.39, 0.29) is 11.5 Å². The summed E-state index contributed by atoms with van der Waals surface area (Å²) in [6, 6.07) is 82.1. The summed E-state index contributed by atoms with van der Waals surface area (Å²) in [5.41, 5.74) is 10.2. The zero-order valence-corrected chi connectivity index (χ0v) is 43.9. The number of para-hydroxylation sites is 3. The van der Waals surface area contributed by atoms with E-state index in [1.165, 1.54) is 17.0 Å². The van der Waals surface area contributed by atoms with Gasteiger partial charge in [-0.1, -0.05) is 176 Å². The van der Waals surface area contributed by atoms with Crippen molar-refractivity contribution in [3.05, 3.63) is 308 Å². The van der Waals surface area contributed by atoms with Crippen molar-refractivity contribution in [3.8, 4) is 39.1 Å². The number of fused-ring (bicyclic) bond motifs is 6. The van der Waals surface area contributed by atoms with E-state index in [0.29, 0.717) is 17.1 Å². The van der Waals surface area contributed by atoms with Gasteiger partial charge in [0.25, 0.3) is 0 Å². The predicted octanol–water partition coefficient (Wildman–Crippen LogP) is 20.4. The van der Waals surface area contributed by atoms with E-state index in [0.717, 1.165) is 78.1 Å². The molecule has 390 valence electrons. The highest BCUT2D eigenvalue weighted by molar-refractivity contribution is 6.10. The Kier molecular flexibility index (Phi) is 12.1. The molecule has 2 unspecified atom stereocenters. The summed E-state index contributed by atoms with van der Waals surface area (Å²) >= 11 is 0. The van der Waals surface area contributed by atoms with Crippen molar-refractivity contribution in [1.82, 2.24) is 4.57 Å². The second-order valence-corrected chi connectivity index (χ2v) is 20.8. The number of allylic oxidation sites excluding steroid dienone is 2. The number of hydrogen-bond acceptors (Lipinski definition) is 3. The van der Waals surface area contributed by atoms with Crippen molar-refractivity contribution in [2.75, 3.05) is 14.7 Å². The topological polar surface area (TPSA) is 14.7 Å². The van der Waals surface area contributed by atoms with E-state index < -0.39 is 40.1 Å². The van der Waals surface area contributed by atoms with E-state index in [9.17, 15) is 0 Å². The number of hydrogen-bond donors (Lipinski definition) is 0. The van der Waals surface area contributed by atoms with Crippen LogP contribution in [-0.2, 0) is 0 Å². The van der Waals surface area contributed by atoms with Crippen molar-refractivity contribution in [1.29, 1.82) is 0 Å². The van der Waals surface area contributed by atoms with Crippen LogP contribution < -0.4 is 14.7 Å². The molecule has 8 heteroatoms. The van der Waals surface area contributed by atoms with Crippen LogP contribution in [0, 0.1) is 23.3 Å². The fourth-order valence-electron chi connectivity index (χ4n) is 12.3. The number of rotatable bonds is 11. The largest absolute Gasteiger partial charge is 0.331 e. The zero-order valence-electron chi connectivity index (χ0n) is 43.9. The molecule has 1 aromatic heterocycles. The van der Waals surface area contributed by atoms with Crippen LogP contribution in [0.4, 0.5) is 63.1 Å². The van der Waals surface area contributed by atoms with E-state index in [2.05, 4.69) is 112 Å². The molecule has 81 heavy (non-hydrogen) atoms. The second-order valence-electron chi connectivity index (χ2n) is 20.8. The molecule has 0 spiro atoms. The molecule has 12 aromatic rings. The van der Waals surface area contributed by atoms with Crippen LogP contribution in [0.2, 0.25) is 0 Å². The van der Waals surface area contributed by atoms with Gasteiger partial charge in [-0.3, -0.25) is 0 Å². The summed E-state index contributed by atoms with van der Waals surface area (Å²) in [6.07, 6.45) is 8.31. The summed E-state index contributed by atoms with van der Waals surface area (Å²) in [5, 5.41) is 2.10. The molecule has 0 saturated carbocycles. The number of aromatic nitrogens is 1. The fourth-order valence-corrected chi connectivity index (χ4v) is 12.3. The number of benzene rings is 11. The molecule has 2 aliphatic rings. The van der Waals surface area contributed by atoms with Gasteiger partial charge in [0.1, 0.15) is 5.69 Å². The first-order valence-electron chi connectivity index (χ1n) is 27.0. The summed E-state index contributed by atoms with van der Waals surface area (Å²) in [5.74, 6) is -6.26. The lowest BCUT2D eigenvalue weighted by molar-refractivity contribution is 0.461. The van der Waals surface area contributed by atoms with Crippen LogP contribution >= 0.6 is 0 Å². The Hall–Kier alpha value is -10.2. The minimum Gasteiger partial charge on any atom is -0.331 e. The van der Waals surface area contributed by atoms with E-state index >= 15 is 17.6 Å². The Labute approximate surface area is 467 Å². The molecule has 14 rings (SSSR count). The lowest BCUT2D eigenvalue weighted by atomic mass is 9.80. The first kappa shape index (κ1) is 49.1. The van der Waals surface area contributed by atoms with Crippen LogP contribution in [-0.4, -0.2) is 10.1 Å². The van der Waals surface area contributed by atoms with Crippen LogP contribution in [0.15, 0.2) is 279 Å². The number of anilines is 8. The monoisotopic (exact) mass is 1060 g/mol. The van der Waals surface area contributed by atoms with Crippen LogP contribution in [0.1, 0.15) is 18.4 Å². The quantitative estimate of drug-likeness (QED) is 0.0948. The predicted molar refractivity (Wildman–Crippen MR) is 324 cm³/mol. The Morgan fingerprint density at radius 1 is 0.383 bits per heavy atom. The lowest BCUT2D eigenvalue weighted by Crippen LogP contribution is -2.41. The Balaban J connectivity index is 0.898. The van der Waals surface area contributed by atoms with Crippen LogP contribution in [0.25, 0.3) is 60.9 Å². The molecular formula is C73H50F4N4. The maximum atomic E-state index is 17.6. The summed E-state index contributed by atoms with van der Waals surface area (Å²) in [6.45, 7) is 2.16. The molecule has 0 fully saturated rings. The smallest absolute Gasteiger partial charge is 0.186 e. The molecule has 11 aromatic carbocycles. The Bertz CT molecular complexity index is 4400. The first-order chi connectivity index (χ1) is 39.7. The third kappa shape index (κ3) is 8.29. The van der Waals surface area contributed by atoms with Gasteiger partial charge in [-0.2, -0.15) is 0 Å². The van der Waals surface area contributed by atoms with Crippen LogP contribution in [0.3, 0.4) is 0 Å². The normalized spacial score (nSPS) is 15.3. The highest BCUT2D eigenvalue weighted by Gasteiger charge is 2.47. The molecule has 0 radical (unpaired) electrons. The highest BCUT2D eigenvalue weighted by atomic mass is 19.2. The van der Waals surface area contributed by atoms with Crippen molar-refractivity contribution in [3.63, 3.8) is 0 Å². The average molecular weight is 1060 g/mol. The fraction of sp³-hybridized carbons (Fsp3) is 0.0411. The third-order valence-electron chi connectivity index (χ3n) is 16.0. The molecule has 2 heterocycles. The van der Waals surface area contributed by atoms with Gasteiger partial charge in [0, 0.05) is 62.2 Å². The average Bonchev–Trinajstić information content (AvgIpc) is 4.13. The standard InChI is InChI=1S/C73H50F4N4/c1-73-43-17-16-33-63(73)62-47-59(40-42-66(62)81(73)55-28-12-5-13-29-55)79(57-31-19-25-52(45-57)49-22-8-3-9-23-49)72-70(76)68(74)67(69(75)71(72)77)50-35-37-54(38-36-50)78(56-30-18-24-51(44-56)48-20-6-2-7-21-48)58-39-41-65-61(46-58)60-32-14-15-34-64(60)80(65)53-26-10-4-11-27-53/h2-47,63H,1H3. The summed E-state index contributed by atoms with van der Waals surface area (Å²) in [7, 11) is 0. The summed E-state index contributed by atoms with van der Waals surface area (Å²) in [4.78, 5) is 5.65. The van der Waals surface area contributed by atoms with Gasteiger partial charge in [-0.25, -0.2) is 17.6 Å². The molecule has 0 saturated heterocycles. The second kappa shape index (κ2) is 19.9. The number of nitrogens with zero attached hydrogens (tertiary/aromatic N) is 4.